The Bertz CT molecular complexity index is 735. The minimum atomic E-state index is -0.141. The molecule has 108 valence electrons. The molecule has 3 aromatic rings. The van der Waals surface area contributed by atoms with Gasteiger partial charge in [-0.05, 0) is 43.3 Å². The average Bonchev–Trinajstić information content (AvgIpc) is 2.86. The molecule has 1 aromatic carbocycles. The Morgan fingerprint density at radius 2 is 1.86 bits per heavy atom. The van der Waals surface area contributed by atoms with Crippen LogP contribution < -0.4 is 9.47 Å². The second-order valence-corrected chi connectivity index (χ2v) is 4.46. The van der Waals surface area contributed by atoms with Crippen LogP contribution in [0.2, 0.25) is 0 Å². The fourth-order valence-electron chi connectivity index (χ4n) is 2.13. The zero-order chi connectivity index (χ0) is 14.7. The van der Waals surface area contributed by atoms with Crippen LogP contribution in [0.15, 0.2) is 48.7 Å². The van der Waals surface area contributed by atoms with E-state index in [9.17, 15) is 5.11 Å². The largest absolute Gasteiger partial charge is 0.494 e. The number of hydrogen-bond acceptors (Lipinski definition) is 4. The summed E-state index contributed by atoms with van der Waals surface area (Å²) < 4.78 is 13.0. The van der Waals surface area contributed by atoms with Gasteiger partial charge in [0.2, 0.25) is 5.88 Å². The molecule has 0 aliphatic carbocycles. The SMILES string of the molecule is CCOc1ccc(Oc2nc3ccccn3c2CO)cc1. The molecular formula is C16H16N2O3. The molecule has 0 radical (unpaired) electrons. The topological polar surface area (TPSA) is 56.0 Å². The van der Waals surface area contributed by atoms with Crippen LogP contribution in [0.3, 0.4) is 0 Å². The predicted molar refractivity (Wildman–Crippen MR) is 78.8 cm³/mol. The minimum Gasteiger partial charge on any atom is -0.494 e. The first-order valence-corrected chi connectivity index (χ1v) is 6.79. The van der Waals surface area contributed by atoms with Crippen molar-refractivity contribution in [3.8, 4) is 17.4 Å². The standard InChI is InChI=1S/C16H16N2O3/c1-2-20-12-6-8-13(9-7-12)21-16-14(11-19)18-10-4-3-5-15(18)17-16/h3-10,19H,2,11H2,1H3. The number of ether oxygens (including phenoxy) is 2. The van der Waals surface area contributed by atoms with E-state index in [0.717, 1.165) is 11.4 Å². The summed E-state index contributed by atoms with van der Waals surface area (Å²) in [7, 11) is 0. The number of benzene rings is 1. The molecular weight excluding hydrogens is 268 g/mol. The monoisotopic (exact) mass is 284 g/mol. The molecule has 0 spiro atoms. The van der Waals surface area contributed by atoms with Crippen molar-refractivity contribution in [2.24, 2.45) is 0 Å². The van der Waals surface area contributed by atoms with Crippen LogP contribution in [0.5, 0.6) is 17.4 Å². The van der Waals surface area contributed by atoms with Crippen molar-refractivity contribution in [1.82, 2.24) is 9.38 Å². The van der Waals surface area contributed by atoms with Gasteiger partial charge in [-0.1, -0.05) is 6.07 Å². The Morgan fingerprint density at radius 3 is 2.57 bits per heavy atom. The van der Waals surface area contributed by atoms with Crippen LogP contribution in [0, 0.1) is 0 Å². The highest BCUT2D eigenvalue weighted by atomic mass is 16.5. The molecule has 0 bridgehead atoms. The molecule has 2 aromatic heterocycles. The smallest absolute Gasteiger partial charge is 0.243 e. The van der Waals surface area contributed by atoms with E-state index >= 15 is 0 Å². The number of pyridine rings is 1. The summed E-state index contributed by atoms with van der Waals surface area (Å²) in [6.45, 7) is 2.42. The van der Waals surface area contributed by atoms with Crippen molar-refractivity contribution < 1.29 is 14.6 Å². The van der Waals surface area contributed by atoms with Crippen LogP contribution in [0.1, 0.15) is 12.6 Å². The first-order valence-electron chi connectivity index (χ1n) is 6.79. The molecule has 0 saturated carbocycles. The first-order chi connectivity index (χ1) is 10.3. The summed E-state index contributed by atoms with van der Waals surface area (Å²) in [5.41, 5.74) is 1.36. The van der Waals surface area contributed by atoms with Crippen LogP contribution in [0.4, 0.5) is 0 Å². The Hall–Kier alpha value is -2.53. The van der Waals surface area contributed by atoms with E-state index in [2.05, 4.69) is 4.98 Å². The molecule has 0 aliphatic heterocycles. The van der Waals surface area contributed by atoms with Gasteiger partial charge in [-0.3, -0.25) is 4.40 Å². The predicted octanol–water partition coefficient (Wildman–Crippen LogP) is 3.02. The highest BCUT2D eigenvalue weighted by Gasteiger charge is 2.13. The lowest BCUT2D eigenvalue weighted by Crippen LogP contribution is -1.95. The zero-order valence-corrected chi connectivity index (χ0v) is 11.7. The Labute approximate surface area is 122 Å². The van der Waals surface area contributed by atoms with Crippen LogP contribution in [-0.4, -0.2) is 21.1 Å². The highest BCUT2D eigenvalue weighted by molar-refractivity contribution is 5.46. The molecule has 0 aliphatic rings. The fourth-order valence-corrected chi connectivity index (χ4v) is 2.13. The quantitative estimate of drug-likeness (QED) is 0.782. The van der Waals surface area contributed by atoms with Crippen molar-refractivity contribution in [2.45, 2.75) is 13.5 Å². The number of aromatic nitrogens is 2. The Balaban J connectivity index is 1.90. The van der Waals surface area contributed by atoms with Gasteiger partial charge in [0.15, 0.2) is 0 Å². The van der Waals surface area contributed by atoms with Crippen LogP contribution >= 0.6 is 0 Å². The molecule has 0 amide bonds. The number of aliphatic hydroxyl groups is 1. The number of rotatable bonds is 5. The van der Waals surface area contributed by atoms with E-state index in [0.29, 0.717) is 23.9 Å². The third kappa shape index (κ3) is 2.68. The number of fused-ring (bicyclic) bond motifs is 1. The second-order valence-electron chi connectivity index (χ2n) is 4.46. The Kier molecular flexibility index (Phi) is 3.75. The van der Waals surface area contributed by atoms with Gasteiger partial charge in [-0.15, -0.1) is 0 Å². The van der Waals surface area contributed by atoms with Gasteiger partial charge in [-0.2, -0.15) is 4.98 Å². The fraction of sp³-hybridized carbons (Fsp3) is 0.188. The lowest BCUT2D eigenvalue weighted by atomic mass is 10.3. The van der Waals surface area contributed by atoms with Crippen LogP contribution in [-0.2, 0) is 6.61 Å². The van der Waals surface area contributed by atoms with Gasteiger partial charge < -0.3 is 14.6 Å². The van der Waals surface area contributed by atoms with Gasteiger partial charge in [-0.25, -0.2) is 0 Å². The first kappa shape index (κ1) is 13.5. The van der Waals surface area contributed by atoms with E-state index in [-0.39, 0.29) is 6.61 Å². The van der Waals surface area contributed by atoms with E-state index in [1.165, 1.54) is 0 Å². The van der Waals surface area contributed by atoms with Crippen molar-refractivity contribution in [1.29, 1.82) is 0 Å². The van der Waals surface area contributed by atoms with Gasteiger partial charge in [0.1, 0.15) is 22.8 Å². The molecule has 3 rings (SSSR count). The Morgan fingerprint density at radius 1 is 1.10 bits per heavy atom. The van der Waals surface area contributed by atoms with Gasteiger partial charge in [0.05, 0.1) is 13.2 Å². The van der Waals surface area contributed by atoms with Gasteiger partial charge in [0.25, 0.3) is 0 Å². The minimum absolute atomic E-state index is 0.141. The zero-order valence-electron chi connectivity index (χ0n) is 11.7. The van der Waals surface area contributed by atoms with Crippen molar-refractivity contribution in [3.05, 3.63) is 54.4 Å². The third-order valence-electron chi connectivity index (χ3n) is 3.09. The maximum absolute atomic E-state index is 9.54. The van der Waals surface area contributed by atoms with Gasteiger partial charge >= 0.3 is 0 Å². The molecule has 0 unspecified atom stereocenters. The highest BCUT2D eigenvalue weighted by Crippen LogP contribution is 2.27. The summed E-state index contributed by atoms with van der Waals surface area (Å²) in [4.78, 5) is 4.39. The summed E-state index contributed by atoms with van der Waals surface area (Å²) >= 11 is 0. The van der Waals surface area contributed by atoms with Gasteiger partial charge in [0, 0.05) is 6.20 Å². The maximum atomic E-state index is 9.54. The summed E-state index contributed by atoms with van der Waals surface area (Å²) in [5.74, 6) is 1.85. The number of aliphatic hydroxyl groups excluding tert-OH is 1. The average molecular weight is 284 g/mol. The van der Waals surface area contributed by atoms with E-state index in [1.807, 2.05) is 60.0 Å². The molecule has 21 heavy (non-hydrogen) atoms. The molecule has 5 heteroatoms. The molecule has 0 atom stereocenters. The maximum Gasteiger partial charge on any atom is 0.243 e. The van der Waals surface area contributed by atoms with Crippen molar-refractivity contribution in [2.75, 3.05) is 6.61 Å². The number of imidazole rings is 1. The summed E-state index contributed by atoms with van der Waals surface area (Å²) in [6.07, 6.45) is 1.85. The van der Waals surface area contributed by atoms with E-state index in [4.69, 9.17) is 9.47 Å². The molecule has 2 heterocycles. The molecule has 5 nitrogen and oxygen atoms in total. The number of nitrogens with zero attached hydrogens (tertiary/aromatic N) is 2. The molecule has 1 N–H and O–H groups in total. The van der Waals surface area contributed by atoms with Crippen LogP contribution in [0.25, 0.3) is 5.65 Å². The van der Waals surface area contributed by atoms with E-state index in [1.54, 1.807) is 0 Å². The lowest BCUT2D eigenvalue weighted by molar-refractivity contribution is 0.269. The van der Waals surface area contributed by atoms with E-state index < -0.39 is 0 Å². The van der Waals surface area contributed by atoms with Crippen molar-refractivity contribution in [3.63, 3.8) is 0 Å². The third-order valence-corrected chi connectivity index (χ3v) is 3.09. The summed E-state index contributed by atoms with van der Waals surface area (Å²) in [6, 6.07) is 13.0. The lowest BCUT2D eigenvalue weighted by Gasteiger charge is -2.06. The molecule has 0 saturated heterocycles. The van der Waals surface area contributed by atoms with Crippen molar-refractivity contribution >= 4 is 5.65 Å². The summed E-state index contributed by atoms with van der Waals surface area (Å²) in [5, 5.41) is 9.54. The number of hydrogen-bond donors (Lipinski definition) is 1. The molecule has 0 fully saturated rings. The normalized spacial score (nSPS) is 10.8. The second kappa shape index (κ2) is 5.85.